The summed E-state index contributed by atoms with van der Waals surface area (Å²) < 4.78 is 0. The number of primary amides is 1. The van der Waals surface area contributed by atoms with Crippen LogP contribution in [0.25, 0.3) is 0 Å². The second-order valence-electron chi connectivity index (χ2n) is 5.64. The highest BCUT2D eigenvalue weighted by Gasteiger charge is 2.21. The zero-order chi connectivity index (χ0) is 14.7. The molecule has 0 aromatic heterocycles. The van der Waals surface area contributed by atoms with E-state index in [-0.39, 0.29) is 6.03 Å². The number of nitrogens with one attached hydrogen (secondary N) is 1. The molecule has 1 aliphatic rings. The molecule has 1 heterocycles. The molecule has 1 fully saturated rings. The van der Waals surface area contributed by atoms with E-state index in [4.69, 9.17) is 5.73 Å². The van der Waals surface area contributed by atoms with Gasteiger partial charge in [-0.15, -0.1) is 0 Å². The third kappa shape index (κ3) is 3.35. The number of likely N-dealkylation sites (tertiary alicyclic amines) is 1. The van der Waals surface area contributed by atoms with Crippen molar-refractivity contribution in [1.82, 2.24) is 4.90 Å². The lowest BCUT2D eigenvalue weighted by molar-refractivity contribution is 0.193. The monoisotopic (exact) mass is 276 g/mol. The lowest BCUT2D eigenvalue weighted by atomic mass is 10.0. The third-order valence-corrected chi connectivity index (χ3v) is 3.87. The molecule has 0 atom stereocenters. The first-order valence-corrected chi connectivity index (χ1v) is 7.06. The van der Waals surface area contributed by atoms with Gasteiger partial charge in [0.15, 0.2) is 0 Å². The standard InChI is InChI=1S/C15H24N4O/c1-11-4-5-13(10-14(11)18(2)3)17-12-6-8-19(9-7-12)15(16)20/h4-5,10,12,17H,6-9H2,1-3H3,(H2,16,20). The Morgan fingerprint density at radius 3 is 2.55 bits per heavy atom. The van der Waals surface area contributed by atoms with Crippen molar-refractivity contribution in [2.75, 3.05) is 37.4 Å². The highest BCUT2D eigenvalue weighted by Crippen LogP contribution is 2.24. The molecule has 0 radical (unpaired) electrons. The number of piperidine rings is 1. The van der Waals surface area contributed by atoms with Gasteiger partial charge in [-0.2, -0.15) is 0 Å². The van der Waals surface area contributed by atoms with Gasteiger partial charge in [0.1, 0.15) is 0 Å². The molecule has 0 bridgehead atoms. The molecule has 5 heteroatoms. The van der Waals surface area contributed by atoms with E-state index in [1.807, 2.05) is 0 Å². The minimum Gasteiger partial charge on any atom is -0.382 e. The van der Waals surface area contributed by atoms with Crippen LogP contribution in [0.2, 0.25) is 0 Å². The number of carbonyl (C=O) groups is 1. The second kappa shape index (κ2) is 6.03. The van der Waals surface area contributed by atoms with Crippen LogP contribution in [0.1, 0.15) is 18.4 Å². The van der Waals surface area contributed by atoms with Crippen molar-refractivity contribution < 1.29 is 4.79 Å². The smallest absolute Gasteiger partial charge is 0.314 e. The summed E-state index contributed by atoms with van der Waals surface area (Å²) in [6, 6.07) is 6.52. The summed E-state index contributed by atoms with van der Waals surface area (Å²) in [5, 5.41) is 3.56. The first-order chi connectivity index (χ1) is 9.47. The van der Waals surface area contributed by atoms with Crippen LogP contribution in [0.3, 0.4) is 0 Å². The fraction of sp³-hybridized carbons (Fsp3) is 0.533. The number of hydrogen-bond acceptors (Lipinski definition) is 3. The Morgan fingerprint density at radius 2 is 2.00 bits per heavy atom. The first-order valence-electron chi connectivity index (χ1n) is 7.06. The fourth-order valence-corrected chi connectivity index (χ4v) is 2.66. The molecular weight excluding hydrogens is 252 g/mol. The zero-order valence-corrected chi connectivity index (χ0v) is 12.5. The number of rotatable bonds is 3. The van der Waals surface area contributed by atoms with Gasteiger partial charge in [-0.25, -0.2) is 4.79 Å². The average molecular weight is 276 g/mol. The number of benzene rings is 1. The van der Waals surface area contributed by atoms with Gasteiger partial charge in [0.25, 0.3) is 0 Å². The van der Waals surface area contributed by atoms with Crippen LogP contribution in [0.4, 0.5) is 16.2 Å². The van der Waals surface area contributed by atoms with Gasteiger partial charge in [0.05, 0.1) is 0 Å². The number of urea groups is 1. The van der Waals surface area contributed by atoms with Gasteiger partial charge in [0, 0.05) is 44.6 Å². The van der Waals surface area contributed by atoms with Crippen molar-refractivity contribution in [3.63, 3.8) is 0 Å². The van der Waals surface area contributed by atoms with E-state index in [0.717, 1.165) is 31.6 Å². The molecule has 3 N–H and O–H groups in total. The number of nitrogens with two attached hydrogens (primary N) is 1. The number of hydrogen-bond donors (Lipinski definition) is 2. The maximum atomic E-state index is 11.1. The van der Waals surface area contributed by atoms with Crippen molar-refractivity contribution >= 4 is 17.4 Å². The maximum Gasteiger partial charge on any atom is 0.314 e. The van der Waals surface area contributed by atoms with Gasteiger partial charge < -0.3 is 20.9 Å². The molecule has 1 aliphatic heterocycles. The molecular formula is C15H24N4O. The number of carbonyl (C=O) groups excluding carboxylic acids is 1. The molecule has 0 saturated carbocycles. The van der Waals surface area contributed by atoms with Crippen LogP contribution >= 0.6 is 0 Å². The Morgan fingerprint density at radius 1 is 1.35 bits per heavy atom. The molecule has 1 saturated heterocycles. The Bertz CT molecular complexity index is 479. The Kier molecular flexibility index (Phi) is 4.37. The summed E-state index contributed by atoms with van der Waals surface area (Å²) >= 11 is 0. The second-order valence-corrected chi connectivity index (χ2v) is 5.64. The van der Waals surface area contributed by atoms with E-state index >= 15 is 0 Å². The van der Waals surface area contributed by atoms with E-state index in [9.17, 15) is 4.79 Å². The number of anilines is 2. The molecule has 0 spiro atoms. The molecule has 0 aliphatic carbocycles. The third-order valence-electron chi connectivity index (χ3n) is 3.87. The summed E-state index contributed by atoms with van der Waals surface area (Å²) in [5.74, 6) is 0. The molecule has 1 aromatic carbocycles. The minimum atomic E-state index is -0.311. The van der Waals surface area contributed by atoms with Gasteiger partial charge in [-0.05, 0) is 37.5 Å². The summed E-state index contributed by atoms with van der Waals surface area (Å²) in [6.07, 6.45) is 1.88. The lowest BCUT2D eigenvalue weighted by Gasteiger charge is -2.32. The highest BCUT2D eigenvalue weighted by atomic mass is 16.2. The Hall–Kier alpha value is -1.91. The first kappa shape index (κ1) is 14.5. The SMILES string of the molecule is Cc1ccc(NC2CCN(C(N)=O)CC2)cc1N(C)C. The number of aryl methyl sites for hydroxylation is 1. The minimum absolute atomic E-state index is 0.311. The van der Waals surface area contributed by atoms with Crippen LogP contribution in [0.15, 0.2) is 18.2 Å². The quantitative estimate of drug-likeness (QED) is 0.888. The van der Waals surface area contributed by atoms with E-state index in [1.165, 1.54) is 11.3 Å². The predicted octanol–water partition coefficient (Wildman–Crippen LogP) is 2.02. The van der Waals surface area contributed by atoms with Crippen molar-refractivity contribution in [2.45, 2.75) is 25.8 Å². The topological polar surface area (TPSA) is 61.6 Å². The van der Waals surface area contributed by atoms with Crippen molar-refractivity contribution in [3.05, 3.63) is 23.8 Å². The summed E-state index contributed by atoms with van der Waals surface area (Å²) in [4.78, 5) is 14.9. The Balaban J connectivity index is 1.98. The summed E-state index contributed by atoms with van der Waals surface area (Å²) in [7, 11) is 4.11. The van der Waals surface area contributed by atoms with Gasteiger partial charge >= 0.3 is 6.03 Å². The molecule has 20 heavy (non-hydrogen) atoms. The number of nitrogens with zero attached hydrogens (tertiary/aromatic N) is 2. The van der Waals surface area contributed by atoms with Gasteiger partial charge in [-0.3, -0.25) is 0 Å². The van der Waals surface area contributed by atoms with Crippen LogP contribution in [0, 0.1) is 6.92 Å². The molecule has 5 nitrogen and oxygen atoms in total. The van der Waals surface area contributed by atoms with E-state index in [0.29, 0.717) is 6.04 Å². The maximum absolute atomic E-state index is 11.1. The van der Waals surface area contributed by atoms with Crippen LogP contribution in [-0.2, 0) is 0 Å². The molecule has 110 valence electrons. The predicted molar refractivity (Wildman–Crippen MR) is 83.3 cm³/mol. The van der Waals surface area contributed by atoms with E-state index in [1.54, 1.807) is 4.90 Å². The normalized spacial score (nSPS) is 16.1. The lowest BCUT2D eigenvalue weighted by Crippen LogP contribution is -2.44. The summed E-state index contributed by atoms with van der Waals surface area (Å²) in [5.41, 5.74) is 8.93. The molecule has 2 amide bonds. The Labute approximate surface area is 120 Å². The van der Waals surface area contributed by atoms with Crippen LogP contribution in [0.5, 0.6) is 0 Å². The highest BCUT2D eigenvalue weighted by molar-refractivity contribution is 5.72. The largest absolute Gasteiger partial charge is 0.382 e. The van der Waals surface area contributed by atoms with Crippen molar-refractivity contribution in [2.24, 2.45) is 5.73 Å². The summed E-state index contributed by atoms with van der Waals surface area (Å²) in [6.45, 7) is 3.59. The zero-order valence-electron chi connectivity index (χ0n) is 12.5. The van der Waals surface area contributed by atoms with E-state index < -0.39 is 0 Å². The fourth-order valence-electron chi connectivity index (χ4n) is 2.66. The van der Waals surface area contributed by atoms with E-state index in [2.05, 4.69) is 49.4 Å². The number of amides is 2. The van der Waals surface area contributed by atoms with Gasteiger partial charge in [0.2, 0.25) is 0 Å². The van der Waals surface area contributed by atoms with Crippen molar-refractivity contribution in [1.29, 1.82) is 0 Å². The van der Waals surface area contributed by atoms with Crippen LogP contribution in [-0.4, -0.2) is 44.2 Å². The average Bonchev–Trinajstić information content (AvgIpc) is 2.41. The molecule has 2 rings (SSSR count). The molecule has 0 unspecified atom stereocenters. The molecule has 1 aromatic rings. The van der Waals surface area contributed by atoms with Crippen molar-refractivity contribution in [3.8, 4) is 0 Å². The van der Waals surface area contributed by atoms with Crippen LogP contribution < -0.4 is 16.0 Å². The van der Waals surface area contributed by atoms with Gasteiger partial charge in [-0.1, -0.05) is 6.07 Å².